The predicted molar refractivity (Wildman–Crippen MR) is 32.3 cm³/mol. The number of rotatable bonds is 4. The molecule has 2 N–H and O–H groups in total. The van der Waals surface area contributed by atoms with Gasteiger partial charge in [0.05, 0.1) is 22.0 Å². The molecule has 0 rings (SSSR count). The van der Waals surface area contributed by atoms with Crippen LogP contribution in [-0.2, 0) is 10.1 Å². The molecule has 0 aliphatic carbocycles. The van der Waals surface area contributed by atoms with Gasteiger partial charge in [-0.15, -0.1) is 0 Å². The van der Waals surface area contributed by atoms with Crippen molar-refractivity contribution in [3.05, 3.63) is 0 Å². The fourth-order valence-electron chi connectivity index (χ4n) is 0.468. The highest BCUT2D eigenvalue weighted by atomic mass is 32.2. The lowest BCUT2D eigenvalue weighted by molar-refractivity contribution is 0.149. The Morgan fingerprint density at radius 1 is 1.50 bits per heavy atom. The lowest BCUT2D eigenvalue weighted by atomic mass is 10.3. The standard InChI is InChI=1S/C4H10O5S/c5-2-1-4(6)3-10(7,8)9/h4-6H,1-3H2,(H,7,8,9)/p-1. The van der Waals surface area contributed by atoms with Crippen molar-refractivity contribution < 1.29 is 23.2 Å². The third-order valence-corrected chi connectivity index (χ3v) is 1.65. The van der Waals surface area contributed by atoms with Gasteiger partial charge in [0.2, 0.25) is 0 Å². The van der Waals surface area contributed by atoms with E-state index < -0.39 is 22.0 Å². The minimum atomic E-state index is -4.36. The fraction of sp³-hybridized carbons (Fsp3) is 1.00. The molecular formula is C4H9O5S-. The molecular weight excluding hydrogens is 160 g/mol. The molecule has 0 aromatic rings. The molecule has 0 spiro atoms. The van der Waals surface area contributed by atoms with Crippen molar-refractivity contribution in [2.24, 2.45) is 0 Å². The molecule has 0 saturated heterocycles. The Morgan fingerprint density at radius 2 is 2.00 bits per heavy atom. The van der Waals surface area contributed by atoms with E-state index in [-0.39, 0.29) is 13.0 Å². The van der Waals surface area contributed by atoms with Gasteiger partial charge in [0, 0.05) is 6.61 Å². The van der Waals surface area contributed by atoms with Crippen molar-refractivity contribution in [2.45, 2.75) is 12.5 Å². The summed E-state index contributed by atoms with van der Waals surface area (Å²) in [4.78, 5) is 0. The second-order valence-corrected chi connectivity index (χ2v) is 3.34. The van der Waals surface area contributed by atoms with Crippen LogP contribution in [0.25, 0.3) is 0 Å². The molecule has 1 unspecified atom stereocenters. The summed E-state index contributed by atoms with van der Waals surface area (Å²) in [6, 6.07) is 0. The van der Waals surface area contributed by atoms with Crippen molar-refractivity contribution in [1.82, 2.24) is 0 Å². The molecule has 62 valence electrons. The van der Waals surface area contributed by atoms with Gasteiger partial charge in [0.25, 0.3) is 0 Å². The van der Waals surface area contributed by atoms with Gasteiger partial charge in [-0.25, -0.2) is 8.42 Å². The van der Waals surface area contributed by atoms with E-state index in [1.807, 2.05) is 0 Å². The normalized spacial score (nSPS) is 15.1. The van der Waals surface area contributed by atoms with E-state index in [1.165, 1.54) is 0 Å². The molecule has 0 aromatic heterocycles. The van der Waals surface area contributed by atoms with Crippen LogP contribution in [0, 0.1) is 0 Å². The van der Waals surface area contributed by atoms with E-state index in [1.54, 1.807) is 0 Å². The lowest BCUT2D eigenvalue weighted by Gasteiger charge is -2.11. The Labute approximate surface area is 59.1 Å². The van der Waals surface area contributed by atoms with E-state index in [0.29, 0.717) is 0 Å². The zero-order valence-electron chi connectivity index (χ0n) is 5.23. The quantitative estimate of drug-likeness (QED) is 0.487. The van der Waals surface area contributed by atoms with Crippen LogP contribution in [0.5, 0.6) is 0 Å². The van der Waals surface area contributed by atoms with Crippen LogP contribution in [0.4, 0.5) is 0 Å². The van der Waals surface area contributed by atoms with E-state index >= 15 is 0 Å². The molecule has 0 saturated carbocycles. The van der Waals surface area contributed by atoms with E-state index in [4.69, 9.17) is 10.2 Å². The molecule has 0 aromatic carbocycles. The Morgan fingerprint density at radius 3 is 2.30 bits per heavy atom. The van der Waals surface area contributed by atoms with Crippen molar-refractivity contribution in [2.75, 3.05) is 12.4 Å². The van der Waals surface area contributed by atoms with Gasteiger partial charge in [0.1, 0.15) is 0 Å². The molecule has 10 heavy (non-hydrogen) atoms. The summed E-state index contributed by atoms with van der Waals surface area (Å²) in [5.74, 6) is -0.826. The fourth-order valence-corrected chi connectivity index (χ4v) is 1.11. The Hall–Kier alpha value is -0.170. The minimum Gasteiger partial charge on any atom is -0.748 e. The molecule has 5 nitrogen and oxygen atoms in total. The third kappa shape index (κ3) is 5.96. The van der Waals surface area contributed by atoms with E-state index in [9.17, 15) is 13.0 Å². The van der Waals surface area contributed by atoms with Crippen LogP contribution in [-0.4, -0.2) is 41.6 Å². The Bertz CT molecular complexity index is 172. The topological polar surface area (TPSA) is 97.7 Å². The van der Waals surface area contributed by atoms with Gasteiger partial charge in [-0.2, -0.15) is 0 Å². The maximum absolute atomic E-state index is 9.92. The highest BCUT2D eigenvalue weighted by molar-refractivity contribution is 7.85. The molecule has 0 bridgehead atoms. The number of aliphatic hydroxyl groups excluding tert-OH is 2. The summed E-state index contributed by atoms with van der Waals surface area (Å²) in [5.41, 5.74) is 0. The van der Waals surface area contributed by atoms with E-state index in [2.05, 4.69) is 0 Å². The summed E-state index contributed by atoms with van der Waals surface area (Å²) < 4.78 is 29.8. The smallest absolute Gasteiger partial charge is 0.0971 e. The van der Waals surface area contributed by atoms with Gasteiger partial charge in [-0.05, 0) is 6.42 Å². The third-order valence-electron chi connectivity index (χ3n) is 0.859. The zero-order chi connectivity index (χ0) is 8.20. The summed E-state index contributed by atoms with van der Waals surface area (Å²) in [7, 11) is -4.36. The van der Waals surface area contributed by atoms with Crippen molar-refractivity contribution in [1.29, 1.82) is 0 Å². The van der Waals surface area contributed by atoms with Crippen molar-refractivity contribution in [3.63, 3.8) is 0 Å². The first-order valence-electron chi connectivity index (χ1n) is 2.68. The molecule has 0 aliphatic heterocycles. The maximum Gasteiger partial charge on any atom is 0.0971 e. The van der Waals surface area contributed by atoms with Gasteiger partial charge in [-0.3, -0.25) is 0 Å². The second kappa shape index (κ2) is 3.87. The molecule has 0 fully saturated rings. The van der Waals surface area contributed by atoms with Crippen LogP contribution >= 0.6 is 0 Å². The molecule has 0 radical (unpaired) electrons. The Kier molecular flexibility index (Phi) is 3.80. The highest BCUT2D eigenvalue weighted by Crippen LogP contribution is 1.94. The van der Waals surface area contributed by atoms with E-state index in [0.717, 1.165) is 0 Å². The van der Waals surface area contributed by atoms with Crippen LogP contribution in [0.2, 0.25) is 0 Å². The van der Waals surface area contributed by atoms with Gasteiger partial charge >= 0.3 is 0 Å². The van der Waals surface area contributed by atoms with Crippen LogP contribution < -0.4 is 0 Å². The zero-order valence-corrected chi connectivity index (χ0v) is 6.04. The average molecular weight is 169 g/mol. The first kappa shape index (κ1) is 9.83. The molecule has 0 heterocycles. The summed E-state index contributed by atoms with van der Waals surface area (Å²) >= 11 is 0. The molecule has 0 aliphatic rings. The van der Waals surface area contributed by atoms with Crippen LogP contribution in [0.15, 0.2) is 0 Å². The van der Waals surface area contributed by atoms with Crippen molar-refractivity contribution in [3.8, 4) is 0 Å². The second-order valence-electron chi connectivity index (χ2n) is 1.89. The molecule has 1 atom stereocenters. The van der Waals surface area contributed by atoms with Crippen molar-refractivity contribution >= 4 is 10.1 Å². The van der Waals surface area contributed by atoms with Gasteiger partial charge in [-0.1, -0.05) is 0 Å². The molecule has 6 heteroatoms. The summed E-state index contributed by atoms with van der Waals surface area (Å²) in [6.45, 7) is -0.323. The first-order chi connectivity index (χ1) is 4.45. The van der Waals surface area contributed by atoms with Crippen LogP contribution in [0.1, 0.15) is 6.42 Å². The average Bonchev–Trinajstić information content (AvgIpc) is 1.59. The monoisotopic (exact) mass is 169 g/mol. The Balaban J connectivity index is 3.69. The number of aliphatic hydroxyl groups is 2. The maximum atomic E-state index is 9.92. The largest absolute Gasteiger partial charge is 0.748 e. The first-order valence-corrected chi connectivity index (χ1v) is 4.26. The summed E-state index contributed by atoms with van der Waals surface area (Å²) in [6.07, 6.45) is -1.32. The lowest BCUT2D eigenvalue weighted by Crippen LogP contribution is -2.21. The molecule has 0 amide bonds. The van der Waals surface area contributed by atoms with Gasteiger partial charge in [0.15, 0.2) is 0 Å². The minimum absolute atomic E-state index is 0.0819. The highest BCUT2D eigenvalue weighted by Gasteiger charge is 2.06. The predicted octanol–water partition coefficient (Wildman–Crippen LogP) is -1.73. The number of hydrogen-bond donors (Lipinski definition) is 2. The summed E-state index contributed by atoms with van der Waals surface area (Å²) in [5, 5.41) is 16.8. The van der Waals surface area contributed by atoms with Crippen LogP contribution in [0.3, 0.4) is 0 Å². The van der Waals surface area contributed by atoms with Gasteiger partial charge < -0.3 is 14.8 Å². The number of hydrogen-bond acceptors (Lipinski definition) is 5. The SMILES string of the molecule is O=S(=O)([O-])CC(O)CCO.